The third-order valence-electron chi connectivity index (χ3n) is 5.27. The van der Waals surface area contributed by atoms with Crippen LogP contribution >= 0.6 is 0 Å². The van der Waals surface area contributed by atoms with Crippen molar-refractivity contribution in [1.29, 1.82) is 0 Å². The summed E-state index contributed by atoms with van der Waals surface area (Å²) in [4.78, 5) is 24.1. The average molecular weight is 525 g/mol. The van der Waals surface area contributed by atoms with E-state index < -0.39 is 22.5 Å². The van der Waals surface area contributed by atoms with Crippen molar-refractivity contribution in [2.24, 2.45) is 5.10 Å². The largest absolute Gasteiger partial charge is 0.497 e. The fourth-order valence-electron chi connectivity index (χ4n) is 3.31. The third kappa shape index (κ3) is 7.07. The van der Waals surface area contributed by atoms with Crippen molar-refractivity contribution in [2.45, 2.75) is 18.7 Å². The van der Waals surface area contributed by atoms with Gasteiger partial charge < -0.3 is 14.8 Å². The summed E-state index contributed by atoms with van der Waals surface area (Å²) in [6.45, 7) is 2.55. The number of anilines is 2. The average Bonchev–Trinajstić information content (AvgIpc) is 2.90. The van der Waals surface area contributed by atoms with Gasteiger partial charge in [-0.1, -0.05) is 0 Å². The molecule has 0 atom stereocenters. The van der Waals surface area contributed by atoms with Gasteiger partial charge in [0, 0.05) is 12.6 Å². The highest BCUT2D eigenvalue weighted by atomic mass is 32.2. The van der Waals surface area contributed by atoms with Crippen molar-refractivity contribution in [3.63, 3.8) is 0 Å². The Hall–Kier alpha value is -4.38. The summed E-state index contributed by atoms with van der Waals surface area (Å²) >= 11 is 0. The molecule has 0 bridgehead atoms. The van der Waals surface area contributed by atoms with Crippen LogP contribution in [0.15, 0.2) is 82.8 Å². The number of methoxy groups -OCH3 is 2. The number of amides is 2. The Balaban J connectivity index is 1.86. The summed E-state index contributed by atoms with van der Waals surface area (Å²) in [6, 6.07) is 19.1. The van der Waals surface area contributed by atoms with Gasteiger partial charge in [-0.3, -0.25) is 13.9 Å². The number of nitrogens with one attached hydrogen (secondary N) is 2. The van der Waals surface area contributed by atoms with Crippen LogP contribution in [0.25, 0.3) is 0 Å². The van der Waals surface area contributed by atoms with Crippen LogP contribution in [0.3, 0.4) is 0 Å². The third-order valence-corrected chi connectivity index (χ3v) is 7.05. The van der Waals surface area contributed by atoms with Gasteiger partial charge in [0.15, 0.2) is 0 Å². The van der Waals surface area contributed by atoms with E-state index in [2.05, 4.69) is 15.8 Å². The second kappa shape index (κ2) is 12.0. The van der Waals surface area contributed by atoms with Gasteiger partial charge >= 0.3 is 0 Å². The van der Waals surface area contributed by atoms with E-state index in [0.717, 1.165) is 9.87 Å². The maximum absolute atomic E-state index is 13.6. The van der Waals surface area contributed by atoms with E-state index in [0.29, 0.717) is 22.9 Å². The molecule has 0 saturated heterocycles. The lowest BCUT2D eigenvalue weighted by Gasteiger charge is -2.24. The molecule has 0 fully saturated rings. The first kappa shape index (κ1) is 27.2. The first-order valence-electron chi connectivity index (χ1n) is 11.2. The van der Waals surface area contributed by atoms with Crippen LogP contribution in [0, 0.1) is 0 Å². The molecule has 0 spiro atoms. The van der Waals surface area contributed by atoms with Crippen LogP contribution in [0.2, 0.25) is 0 Å². The molecule has 0 radical (unpaired) electrons. The predicted octanol–water partition coefficient (Wildman–Crippen LogP) is 3.40. The van der Waals surface area contributed by atoms with Crippen LogP contribution in [0.5, 0.6) is 11.5 Å². The van der Waals surface area contributed by atoms with Crippen LogP contribution in [-0.4, -0.2) is 46.7 Å². The lowest BCUT2D eigenvalue weighted by atomic mass is 10.1. The molecule has 37 heavy (non-hydrogen) atoms. The maximum atomic E-state index is 13.6. The molecule has 3 aromatic rings. The number of sulfonamides is 1. The number of hydrogen-bond acceptors (Lipinski definition) is 7. The van der Waals surface area contributed by atoms with Gasteiger partial charge in [-0.25, -0.2) is 13.8 Å². The molecule has 0 aliphatic rings. The van der Waals surface area contributed by atoms with Gasteiger partial charge in [0.25, 0.3) is 15.9 Å². The number of ether oxygens (including phenoxy) is 2. The maximum Gasteiger partial charge on any atom is 0.264 e. The summed E-state index contributed by atoms with van der Waals surface area (Å²) in [5.74, 6) is 0.302. The minimum absolute atomic E-state index is 0.0527. The number of benzene rings is 3. The van der Waals surface area contributed by atoms with Gasteiger partial charge in [0.05, 0.1) is 30.5 Å². The molecular formula is C26H28N4O6S. The molecule has 0 heterocycles. The predicted molar refractivity (Wildman–Crippen MR) is 142 cm³/mol. The van der Waals surface area contributed by atoms with E-state index in [9.17, 15) is 18.0 Å². The van der Waals surface area contributed by atoms with Crippen molar-refractivity contribution in [3.05, 3.63) is 78.4 Å². The molecule has 2 N–H and O–H groups in total. The van der Waals surface area contributed by atoms with E-state index in [1.54, 1.807) is 62.6 Å². The highest BCUT2D eigenvalue weighted by Crippen LogP contribution is 2.26. The van der Waals surface area contributed by atoms with Crippen molar-refractivity contribution in [2.75, 3.05) is 30.4 Å². The zero-order valence-corrected chi connectivity index (χ0v) is 21.7. The quantitative estimate of drug-likeness (QED) is 0.309. The molecule has 0 aromatic heterocycles. The molecule has 0 unspecified atom stereocenters. The second-order valence-corrected chi connectivity index (χ2v) is 9.74. The zero-order chi connectivity index (χ0) is 27.0. The number of hydrogen-bond donors (Lipinski definition) is 2. The molecule has 2 amide bonds. The summed E-state index contributed by atoms with van der Waals surface area (Å²) in [5.41, 5.74) is 4.43. The van der Waals surface area contributed by atoms with E-state index in [1.807, 2.05) is 0 Å². The first-order valence-corrected chi connectivity index (χ1v) is 12.6. The van der Waals surface area contributed by atoms with Gasteiger partial charge in [-0.2, -0.15) is 5.10 Å². The SMILES string of the molecule is COc1ccc(/C(C)=N\NC(=O)CN(c2ccc(OC)cc2)S(=O)(=O)c2ccc(NC(C)=O)cc2)cc1. The molecule has 11 heteroatoms. The second-order valence-electron chi connectivity index (χ2n) is 7.88. The number of rotatable bonds is 10. The summed E-state index contributed by atoms with van der Waals surface area (Å²) in [6.07, 6.45) is 0. The topological polar surface area (TPSA) is 126 Å². The summed E-state index contributed by atoms with van der Waals surface area (Å²) < 4.78 is 38.4. The van der Waals surface area contributed by atoms with Crippen LogP contribution in [-0.2, 0) is 19.6 Å². The van der Waals surface area contributed by atoms with E-state index in [4.69, 9.17) is 9.47 Å². The molecule has 10 nitrogen and oxygen atoms in total. The van der Waals surface area contributed by atoms with Crippen LogP contribution in [0.1, 0.15) is 19.4 Å². The normalized spacial score (nSPS) is 11.4. The van der Waals surface area contributed by atoms with Crippen molar-refractivity contribution in [1.82, 2.24) is 5.43 Å². The highest BCUT2D eigenvalue weighted by molar-refractivity contribution is 7.92. The van der Waals surface area contributed by atoms with Gasteiger partial charge in [0.2, 0.25) is 5.91 Å². The molecule has 0 saturated carbocycles. The number of hydrazone groups is 1. The van der Waals surface area contributed by atoms with Crippen molar-refractivity contribution < 1.29 is 27.5 Å². The number of nitrogens with zero attached hydrogens (tertiary/aromatic N) is 2. The smallest absolute Gasteiger partial charge is 0.264 e. The minimum Gasteiger partial charge on any atom is -0.497 e. The lowest BCUT2D eigenvalue weighted by molar-refractivity contribution is -0.119. The number of carbonyl (C=O) groups excluding carboxylic acids is 2. The molecular weight excluding hydrogens is 496 g/mol. The lowest BCUT2D eigenvalue weighted by Crippen LogP contribution is -2.39. The summed E-state index contributed by atoms with van der Waals surface area (Å²) in [5, 5.41) is 6.70. The first-order chi connectivity index (χ1) is 17.6. The Morgan fingerprint density at radius 3 is 1.89 bits per heavy atom. The van der Waals surface area contributed by atoms with Gasteiger partial charge in [0.1, 0.15) is 18.0 Å². The fraction of sp³-hybridized carbons (Fsp3) is 0.192. The van der Waals surface area contributed by atoms with E-state index in [-0.39, 0.29) is 16.5 Å². The molecule has 0 aliphatic heterocycles. The van der Waals surface area contributed by atoms with Gasteiger partial charge in [-0.15, -0.1) is 0 Å². The standard InChI is InChI=1S/C26H28N4O6S/c1-18(20-5-11-23(35-3)12-6-20)28-29-26(32)17-30(22-9-13-24(36-4)14-10-22)37(33,34)25-15-7-21(8-16-25)27-19(2)31/h5-16H,17H2,1-4H3,(H,27,31)(H,29,32)/b28-18-. The molecule has 3 aromatic carbocycles. The van der Waals surface area contributed by atoms with Crippen LogP contribution < -0.4 is 24.5 Å². The Bertz CT molecular complexity index is 1370. The Labute approximate surface area is 216 Å². The molecule has 194 valence electrons. The Morgan fingerprint density at radius 1 is 0.838 bits per heavy atom. The Kier molecular flexibility index (Phi) is 8.86. The monoisotopic (exact) mass is 524 g/mol. The van der Waals surface area contributed by atoms with E-state index in [1.165, 1.54) is 38.3 Å². The zero-order valence-electron chi connectivity index (χ0n) is 20.9. The van der Waals surface area contributed by atoms with E-state index >= 15 is 0 Å². The highest BCUT2D eigenvalue weighted by Gasteiger charge is 2.27. The minimum atomic E-state index is -4.16. The van der Waals surface area contributed by atoms with Crippen LogP contribution in [0.4, 0.5) is 11.4 Å². The van der Waals surface area contributed by atoms with Crippen molar-refractivity contribution in [3.8, 4) is 11.5 Å². The van der Waals surface area contributed by atoms with Crippen molar-refractivity contribution >= 4 is 38.9 Å². The molecule has 0 aliphatic carbocycles. The fourth-order valence-corrected chi connectivity index (χ4v) is 4.73. The molecule has 3 rings (SSSR count). The summed E-state index contributed by atoms with van der Waals surface area (Å²) in [7, 11) is -1.09. The Morgan fingerprint density at radius 2 is 1.38 bits per heavy atom. The number of carbonyl (C=O) groups is 2. The van der Waals surface area contributed by atoms with Gasteiger partial charge in [-0.05, 0) is 85.3 Å².